The lowest BCUT2D eigenvalue weighted by atomic mass is 10.0. The first kappa shape index (κ1) is 18.7. The lowest BCUT2D eigenvalue weighted by molar-refractivity contribution is 0.0612. The lowest BCUT2D eigenvalue weighted by Gasteiger charge is -2.34. The standard InChI is InChI=1S/C21H18FN3O4/c1-13-19-17(21(27)28)12-23-25(19)11-10-24(13)20(26)16-4-2-3-5-18(16)29-15-8-6-14(22)7-9-15/h2-9,12-13H,10-11H2,1H3,(H,27,28). The van der Waals surface area contributed by atoms with Gasteiger partial charge < -0.3 is 14.7 Å². The Morgan fingerprint density at radius 3 is 2.55 bits per heavy atom. The summed E-state index contributed by atoms with van der Waals surface area (Å²) in [7, 11) is 0. The third kappa shape index (κ3) is 3.44. The molecule has 0 spiro atoms. The van der Waals surface area contributed by atoms with Gasteiger partial charge in [-0.3, -0.25) is 9.48 Å². The molecule has 1 aliphatic rings. The highest BCUT2D eigenvalue weighted by atomic mass is 19.1. The Balaban J connectivity index is 1.64. The highest BCUT2D eigenvalue weighted by Crippen LogP contribution is 2.32. The van der Waals surface area contributed by atoms with Gasteiger partial charge in [0.05, 0.1) is 30.0 Å². The van der Waals surface area contributed by atoms with Gasteiger partial charge in [-0.25, -0.2) is 9.18 Å². The maximum absolute atomic E-state index is 13.3. The summed E-state index contributed by atoms with van der Waals surface area (Å²) < 4.78 is 20.6. The van der Waals surface area contributed by atoms with Crippen molar-refractivity contribution >= 4 is 11.9 Å². The van der Waals surface area contributed by atoms with Crippen LogP contribution in [0.5, 0.6) is 11.5 Å². The van der Waals surface area contributed by atoms with Crippen LogP contribution in [0.1, 0.15) is 39.4 Å². The SMILES string of the molecule is CC1c2c(C(=O)O)cnn2CCN1C(=O)c1ccccc1Oc1ccc(F)cc1. The summed E-state index contributed by atoms with van der Waals surface area (Å²) in [5.41, 5.74) is 0.924. The molecule has 2 heterocycles. The lowest BCUT2D eigenvalue weighted by Crippen LogP contribution is -2.41. The first-order valence-corrected chi connectivity index (χ1v) is 9.08. The summed E-state index contributed by atoms with van der Waals surface area (Å²) >= 11 is 0. The smallest absolute Gasteiger partial charge is 0.339 e. The van der Waals surface area contributed by atoms with E-state index in [-0.39, 0.29) is 17.3 Å². The Morgan fingerprint density at radius 2 is 1.83 bits per heavy atom. The Labute approximate surface area is 165 Å². The summed E-state index contributed by atoms with van der Waals surface area (Å²) in [5, 5.41) is 13.5. The normalized spacial score (nSPS) is 15.7. The zero-order chi connectivity index (χ0) is 20.5. The second-order valence-corrected chi connectivity index (χ2v) is 6.70. The van der Waals surface area contributed by atoms with E-state index in [9.17, 15) is 19.1 Å². The molecule has 1 unspecified atom stereocenters. The van der Waals surface area contributed by atoms with Crippen LogP contribution in [0.4, 0.5) is 4.39 Å². The number of ether oxygens (including phenoxy) is 1. The van der Waals surface area contributed by atoms with Crippen LogP contribution >= 0.6 is 0 Å². The molecule has 0 aliphatic carbocycles. The molecule has 3 aromatic rings. The van der Waals surface area contributed by atoms with Crippen LogP contribution in [0.2, 0.25) is 0 Å². The fourth-order valence-electron chi connectivity index (χ4n) is 3.52. The zero-order valence-electron chi connectivity index (χ0n) is 15.6. The van der Waals surface area contributed by atoms with Crippen molar-refractivity contribution < 1.29 is 23.8 Å². The Morgan fingerprint density at radius 1 is 1.10 bits per heavy atom. The second kappa shape index (κ2) is 7.38. The second-order valence-electron chi connectivity index (χ2n) is 6.70. The number of carbonyl (C=O) groups is 2. The number of hydrogen-bond acceptors (Lipinski definition) is 4. The maximum Gasteiger partial charge on any atom is 0.339 e. The molecule has 0 bridgehead atoms. The van der Waals surface area contributed by atoms with Crippen LogP contribution in [0.3, 0.4) is 0 Å². The van der Waals surface area contributed by atoms with Gasteiger partial charge in [0.25, 0.3) is 5.91 Å². The van der Waals surface area contributed by atoms with Crippen LogP contribution < -0.4 is 4.74 Å². The number of aromatic nitrogens is 2. The highest BCUT2D eigenvalue weighted by molar-refractivity contribution is 5.97. The van der Waals surface area contributed by atoms with Gasteiger partial charge >= 0.3 is 5.97 Å². The molecule has 1 aliphatic heterocycles. The van der Waals surface area contributed by atoms with E-state index in [2.05, 4.69) is 5.10 Å². The number of nitrogens with zero attached hydrogens (tertiary/aromatic N) is 3. The van der Waals surface area contributed by atoms with E-state index in [1.54, 1.807) is 40.8 Å². The maximum atomic E-state index is 13.3. The molecular formula is C21H18FN3O4. The van der Waals surface area contributed by atoms with E-state index >= 15 is 0 Å². The first-order valence-electron chi connectivity index (χ1n) is 9.08. The number of benzene rings is 2. The molecule has 0 radical (unpaired) electrons. The summed E-state index contributed by atoms with van der Waals surface area (Å²) in [4.78, 5) is 26.4. The minimum atomic E-state index is -1.08. The molecule has 7 nitrogen and oxygen atoms in total. The molecule has 1 atom stereocenters. The van der Waals surface area contributed by atoms with Gasteiger partial charge in [-0.15, -0.1) is 0 Å². The van der Waals surface area contributed by atoms with Crippen molar-refractivity contribution in [2.75, 3.05) is 6.54 Å². The van der Waals surface area contributed by atoms with Gasteiger partial charge in [0.1, 0.15) is 22.9 Å². The van der Waals surface area contributed by atoms with E-state index in [1.165, 1.54) is 30.5 Å². The zero-order valence-corrected chi connectivity index (χ0v) is 15.6. The van der Waals surface area contributed by atoms with Crippen LogP contribution in [0.25, 0.3) is 0 Å². The number of rotatable bonds is 4. The van der Waals surface area contributed by atoms with E-state index in [4.69, 9.17) is 4.74 Å². The minimum absolute atomic E-state index is 0.0887. The number of para-hydroxylation sites is 1. The summed E-state index contributed by atoms with van der Waals surface area (Å²) in [6.45, 7) is 2.57. The molecule has 1 aromatic heterocycles. The quantitative estimate of drug-likeness (QED) is 0.728. The number of halogens is 1. The van der Waals surface area contributed by atoms with Crippen molar-refractivity contribution in [2.24, 2.45) is 0 Å². The molecule has 29 heavy (non-hydrogen) atoms. The molecule has 2 aromatic carbocycles. The van der Waals surface area contributed by atoms with Crippen LogP contribution in [-0.4, -0.2) is 38.2 Å². The van der Waals surface area contributed by atoms with Gasteiger partial charge in [0.2, 0.25) is 0 Å². The van der Waals surface area contributed by atoms with E-state index in [0.717, 1.165) is 0 Å². The van der Waals surface area contributed by atoms with Crippen LogP contribution in [-0.2, 0) is 6.54 Å². The molecule has 148 valence electrons. The van der Waals surface area contributed by atoms with Crippen molar-refractivity contribution in [3.05, 3.63) is 77.4 Å². The van der Waals surface area contributed by atoms with Gasteiger partial charge in [-0.2, -0.15) is 5.10 Å². The first-order chi connectivity index (χ1) is 14.0. The van der Waals surface area contributed by atoms with Gasteiger partial charge in [-0.05, 0) is 43.3 Å². The highest BCUT2D eigenvalue weighted by Gasteiger charge is 2.34. The van der Waals surface area contributed by atoms with Gasteiger partial charge in [0, 0.05) is 6.54 Å². The van der Waals surface area contributed by atoms with E-state index < -0.39 is 12.0 Å². The molecule has 8 heteroatoms. The van der Waals surface area contributed by atoms with E-state index in [1.807, 2.05) is 0 Å². The molecule has 0 saturated carbocycles. The largest absolute Gasteiger partial charge is 0.478 e. The van der Waals surface area contributed by atoms with Crippen molar-refractivity contribution in [3.63, 3.8) is 0 Å². The number of amides is 1. The van der Waals surface area contributed by atoms with Crippen LogP contribution in [0, 0.1) is 5.82 Å². The number of fused-ring (bicyclic) bond motifs is 1. The average molecular weight is 395 g/mol. The molecule has 0 fully saturated rings. The Bertz CT molecular complexity index is 1080. The number of carboxylic acids is 1. The predicted molar refractivity (Wildman–Crippen MR) is 102 cm³/mol. The minimum Gasteiger partial charge on any atom is -0.478 e. The molecule has 1 N–H and O–H groups in total. The fourth-order valence-corrected chi connectivity index (χ4v) is 3.52. The topological polar surface area (TPSA) is 84.7 Å². The molecular weight excluding hydrogens is 377 g/mol. The number of carboxylic acid groups (broad SMARTS) is 1. The summed E-state index contributed by atoms with van der Waals surface area (Å²) in [6, 6.07) is 11.8. The summed E-state index contributed by atoms with van der Waals surface area (Å²) in [6.07, 6.45) is 1.31. The molecule has 1 amide bonds. The van der Waals surface area contributed by atoms with Crippen molar-refractivity contribution in [3.8, 4) is 11.5 Å². The fraction of sp³-hybridized carbons (Fsp3) is 0.190. The number of carbonyl (C=O) groups excluding carboxylic acids is 1. The van der Waals surface area contributed by atoms with Crippen molar-refractivity contribution in [1.82, 2.24) is 14.7 Å². The number of aromatic carboxylic acids is 1. The van der Waals surface area contributed by atoms with Gasteiger partial charge in [0.15, 0.2) is 0 Å². The summed E-state index contributed by atoms with van der Waals surface area (Å²) in [5.74, 6) is -0.987. The monoisotopic (exact) mass is 395 g/mol. The average Bonchev–Trinajstić information content (AvgIpc) is 3.15. The van der Waals surface area contributed by atoms with Gasteiger partial charge in [-0.1, -0.05) is 12.1 Å². The Hall–Kier alpha value is -3.68. The molecule has 4 rings (SSSR count). The van der Waals surface area contributed by atoms with Crippen molar-refractivity contribution in [1.29, 1.82) is 0 Å². The Kier molecular flexibility index (Phi) is 4.75. The third-order valence-corrected chi connectivity index (χ3v) is 4.95. The van der Waals surface area contributed by atoms with Crippen LogP contribution in [0.15, 0.2) is 54.7 Å². The number of hydrogen-bond donors (Lipinski definition) is 1. The third-order valence-electron chi connectivity index (χ3n) is 4.95. The van der Waals surface area contributed by atoms with E-state index in [0.29, 0.717) is 35.8 Å². The van der Waals surface area contributed by atoms with Crippen molar-refractivity contribution in [2.45, 2.75) is 19.5 Å². The predicted octanol–water partition coefficient (Wildman–Crippen LogP) is 3.73. The molecule has 0 saturated heterocycles.